The average Bonchev–Trinajstić information content (AvgIpc) is 2.60. The Morgan fingerprint density at radius 3 is 2.86 bits per heavy atom. The molecule has 0 bridgehead atoms. The van der Waals surface area contributed by atoms with Crippen LogP contribution < -0.4 is 0 Å². The SMILES string of the molecule is CCc1n[nH]c(CCOCC(F)F)n1. The number of nitrogens with one attached hydrogen (secondary N) is 1. The third-order valence-corrected chi connectivity index (χ3v) is 1.62. The molecule has 1 rings (SSSR count). The van der Waals surface area contributed by atoms with Gasteiger partial charge in [0.2, 0.25) is 0 Å². The highest BCUT2D eigenvalue weighted by Gasteiger charge is 2.03. The number of hydrogen-bond acceptors (Lipinski definition) is 3. The molecule has 80 valence electrons. The first-order chi connectivity index (χ1) is 6.72. The van der Waals surface area contributed by atoms with E-state index in [9.17, 15) is 8.78 Å². The minimum Gasteiger partial charge on any atom is -0.375 e. The second-order valence-corrected chi connectivity index (χ2v) is 2.77. The molecular weight excluding hydrogens is 192 g/mol. The van der Waals surface area contributed by atoms with Crippen LogP contribution in [-0.2, 0) is 17.6 Å². The maximum atomic E-state index is 11.7. The minimum atomic E-state index is -2.41. The van der Waals surface area contributed by atoms with Crippen molar-refractivity contribution in [1.29, 1.82) is 0 Å². The lowest BCUT2D eigenvalue weighted by molar-refractivity contribution is 0.0183. The smallest absolute Gasteiger partial charge is 0.261 e. The number of nitrogens with zero attached hydrogens (tertiary/aromatic N) is 2. The monoisotopic (exact) mass is 205 g/mol. The predicted molar refractivity (Wildman–Crippen MR) is 46.3 cm³/mol. The van der Waals surface area contributed by atoms with Gasteiger partial charge >= 0.3 is 0 Å². The van der Waals surface area contributed by atoms with Crippen molar-refractivity contribution in [3.05, 3.63) is 11.6 Å². The molecule has 0 saturated heterocycles. The van der Waals surface area contributed by atoms with Crippen LogP contribution in [-0.4, -0.2) is 34.8 Å². The molecule has 0 aliphatic heterocycles. The number of H-pyrrole nitrogens is 1. The molecular formula is C8H13F2N3O. The lowest BCUT2D eigenvalue weighted by Gasteiger charge is -2.00. The van der Waals surface area contributed by atoms with Gasteiger partial charge in [0.25, 0.3) is 6.43 Å². The van der Waals surface area contributed by atoms with Crippen molar-refractivity contribution in [3.63, 3.8) is 0 Å². The summed E-state index contributed by atoms with van der Waals surface area (Å²) in [6.45, 7) is 1.66. The van der Waals surface area contributed by atoms with Gasteiger partial charge < -0.3 is 4.74 Å². The van der Waals surface area contributed by atoms with E-state index in [-0.39, 0.29) is 6.61 Å². The molecule has 0 aliphatic carbocycles. The Morgan fingerprint density at radius 1 is 1.50 bits per heavy atom. The predicted octanol–water partition coefficient (Wildman–Crippen LogP) is 1.19. The Labute approximate surface area is 80.7 Å². The summed E-state index contributed by atoms with van der Waals surface area (Å²) in [5.41, 5.74) is 0. The maximum Gasteiger partial charge on any atom is 0.261 e. The van der Waals surface area contributed by atoms with Crippen LogP contribution in [0, 0.1) is 0 Å². The first kappa shape index (κ1) is 11.0. The molecule has 0 radical (unpaired) electrons. The molecule has 0 saturated carbocycles. The van der Waals surface area contributed by atoms with Gasteiger partial charge in [0, 0.05) is 12.8 Å². The number of ether oxygens (including phenoxy) is 1. The van der Waals surface area contributed by atoms with E-state index in [0.717, 1.165) is 12.2 Å². The summed E-state index contributed by atoms with van der Waals surface area (Å²) in [6.07, 6.45) is -1.16. The topological polar surface area (TPSA) is 50.8 Å². The zero-order valence-corrected chi connectivity index (χ0v) is 7.96. The Morgan fingerprint density at radius 2 is 2.29 bits per heavy atom. The van der Waals surface area contributed by atoms with Gasteiger partial charge in [-0.1, -0.05) is 6.92 Å². The summed E-state index contributed by atoms with van der Waals surface area (Å²) in [5, 5.41) is 6.62. The molecule has 1 N–H and O–H groups in total. The number of aromatic amines is 1. The van der Waals surface area contributed by atoms with Crippen molar-refractivity contribution in [3.8, 4) is 0 Å². The summed E-state index contributed by atoms with van der Waals surface area (Å²) in [4.78, 5) is 4.11. The van der Waals surface area contributed by atoms with Gasteiger partial charge in [-0.2, -0.15) is 5.10 Å². The first-order valence-electron chi connectivity index (χ1n) is 4.48. The van der Waals surface area contributed by atoms with E-state index < -0.39 is 13.0 Å². The Bertz CT molecular complexity index is 265. The standard InChI is InChI=1S/C8H13F2N3O/c1-2-7-11-8(13-12-7)3-4-14-5-6(9)10/h6H,2-5H2,1H3,(H,11,12,13). The summed E-state index contributed by atoms with van der Waals surface area (Å²) in [5.74, 6) is 1.41. The second-order valence-electron chi connectivity index (χ2n) is 2.77. The van der Waals surface area contributed by atoms with Crippen LogP contribution in [0.2, 0.25) is 0 Å². The maximum absolute atomic E-state index is 11.7. The number of alkyl halides is 2. The third kappa shape index (κ3) is 3.78. The highest BCUT2D eigenvalue weighted by molar-refractivity contribution is 4.89. The molecule has 0 atom stereocenters. The van der Waals surface area contributed by atoms with Gasteiger partial charge in [-0.05, 0) is 0 Å². The first-order valence-corrected chi connectivity index (χ1v) is 4.48. The number of aromatic nitrogens is 3. The van der Waals surface area contributed by atoms with Crippen molar-refractivity contribution in [2.24, 2.45) is 0 Å². The van der Waals surface area contributed by atoms with E-state index in [1.54, 1.807) is 0 Å². The fourth-order valence-corrected chi connectivity index (χ4v) is 0.946. The van der Waals surface area contributed by atoms with Crippen LogP contribution >= 0.6 is 0 Å². The van der Waals surface area contributed by atoms with Gasteiger partial charge in [0.05, 0.1) is 6.61 Å². The Hall–Kier alpha value is -1.04. The van der Waals surface area contributed by atoms with Gasteiger partial charge in [0.1, 0.15) is 18.3 Å². The van der Waals surface area contributed by atoms with E-state index in [0.29, 0.717) is 12.2 Å². The van der Waals surface area contributed by atoms with Crippen molar-refractivity contribution in [1.82, 2.24) is 15.2 Å². The molecule has 0 aliphatic rings. The van der Waals surface area contributed by atoms with E-state index >= 15 is 0 Å². The van der Waals surface area contributed by atoms with Crippen LogP contribution in [0.4, 0.5) is 8.78 Å². The average molecular weight is 205 g/mol. The molecule has 1 aromatic rings. The highest BCUT2D eigenvalue weighted by Crippen LogP contribution is 1.97. The van der Waals surface area contributed by atoms with Crippen LogP contribution in [0.25, 0.3) is 0 Å². The number of halogens is 2. The highest BCUT2D eigenvalue weighted by atomic mass is 19.3. The van der Waals surface area contributed by atoms with Crippen molar-refractivity contribution < 1.29 is 13.5 Å². The van der Waals surface area contributed by atoms with E-state index in [2.05, 4.69) is 15.2 Å². The lowest BCUT2D eigenvalue weighted by Crippen LogP contribution is -2.07. The van der Waals surface area contributed by atoms with E-state index in [1.165, 1.54) is 0 Å². The summed E-state index contributed by atoms with van der Waals surface area (Å²) in [6, 6.07) is 0. The van der Waals surface area contributed by atoms with Gasteiger partial charge in [-0.15, -0.1) is 0 Å². The number of hydrogen-bond donors (Lipinski definition) is 1. The largest absolute Gasteiger partial charge is 0.375 e. The van der Waals surface area contributed by atoms with Gasteiger partial charge in [-0.25, -0.2) is 13.8 Å². The van der Waals surface area contributed by atoms with Gasteiger partial charge in [0.15, 0.2) is 0 Å². The molecule has 1 heterocycles. The van der Waals surface area contributed by atoms with E-state index in [1.807, 2.05) is 6.92 Å². The number of aryl methyl sites for hydroxylation is 1. The summed E-state index contributed by atoms with van der Waals surface area (Å²) >= 11 is 0. The molecule has 0 amide bonds. The molecule has 0 unspecified atom stereocenters. The van der Waals surface area contributed by atoms with Crippen molar-refractivity contribution in [2.45, 2.75) is 26.2 Å². The van der Waals surface area contributed by atoms with Gasteiger partial charge in [-0.3, -0.25) is 5.10 Å². The molecule has 0 aromatic carbocycles. The van der Waals surface area contributed by atoms with Crippen LogP contribution in [0.1, 0.15) is 18.6 Å². The lowest BCUT2D eigenvalue weighted by atomic mass is 10.4. The number of rotatable bonds is 6. The fourth-order valence-electron chi connectivity index (χ4n) is 0.946. The second kappa shape index (κ2) is 5.64. The molecule has 4 nitrogen and oxygen atoms in total. The molecule has 6 heteroatoms. The third-order valence-electron chi connectivity index (χ3n) is 1.62. The molecule has 1 aromatic heterocycles. The fraction of sp³-hybridized carbons (Fsp3) is 0.750. The zero-order chi connectivity index (χ0) is 10.4. The van der Waals surface area contributed by atoms with Crippen LogP contribution in [0.15, 0.2) is 0 Å². The van der Waals surface area contributed by atoms with E-state index in [4.69, 9.17) is 4.74 Å². The zero-order valence-electron chi connectivity index (χ0n) is 7.96. The minimum absolute atomic E-state index is 0.239. The van der Waals surface area contributed by atoms with Crippen molar-refractivity contribution in [2.75, 3.05) is 13.2 Å². The van der Waals surface area contributed by atoms with Crippen LogP contribution in [0.3, 0.4) is 0 Å². The Kier molecular flexibility index (Phi) is 4.45. The van der Waals surface area contributed by atoms with Crippen molar-refractivity contribution >= 4 is 0 Å². The summed E-state index contributed by atoms with van der Waals surface area (Å²) < 4.78 is 28.0. The summed E-state index contributed by atoms with van der Waals surface area (Å²) in [7, 11) is 0. The molecule has 0 spiro atoms. The quantitative estimate of drug-likeness (QED) is 0.710. The Balaban J connectivity index is 2.18. The normalized spacial score (nSPS) is 11.1. The molecule has 0 fully saturated rings. The van der Waals surface area contributed by atoms with Crippen LogP contribution in [0.5, 0.6) is 0 Å². The molecule has 14 heavy (non-hydrogen) atoms.